The fraction of sp³-hybridized carbons (Fsp3) is 0.944. The minimum absolute atomic E-state index is 0.00308. The van der Waals surface area contributed by atoms with E-state index in [0.717, 1.165) is 70.8 Å². The van der Waals surface area contributed by atoms with Crippen molar-refractivity contribution in [1.29, 1.82) is 0 Å². The zero-order chi connectivity index (χ0) is 15.6. The zero-order valence-electron chi connectivity index (χ0n) is 14.4. The number of carbonyl (C=O) groups is 1. The maximum atomic E-state index is 12.8. The van der Waals surface area contributed by atoms with E-state index in [-0.39, 0.29) is 5.60 Å². The average Bonchev–Trinajstić information content (AvgIpc) is 2.70. The number of ether oxygens (including phenoxy) is 1. The molecule has 2 aliphatic heterocycles. The molecule has 2 saturated heterocycles. The highest BCUT2D eigenvalue weighted by Gasteiger charge is 2.38. The lowest BCUT2D eigenvalue weighted by Crippen LogP contribution is -2.51. The van der Waals surface area contributed by atoms with E-state index in [2.05, 4.69) is 23.8 Å². The third-order valence-corrected chi connectivity index (χ3v) is 6.01. The van der Waals surface area contributed by atoms with Crippen molar-refractivity contribution in [1.82, 2.24) is 9.80 Å². The van der Waals surface area contributed by atoms with Gasteiger partial charge in [-0.3, -0.25) is 4.79 Å². The third-order valence-electron chi connectivity index (χ3n) is 6.01. The monoisotopic (exact) mass is 308 g/mol. The Kier molecular flexibility index (Phi) is 5.08. The topological polar surface area (TPSA) is 32.8 Å². The van der Waals surface area contributed by atoms with E-state index in [9.17, 15) is 4.79 Å². The molecule has 0 aromatic carbocycles. The highest BCUT2D eigenvalue weighted by atomic mass is 16.5. The first-order chi connectivity index (χ1) is 10.6. The van der Waals surface area contributed by atoms with Gasteiger partial charge >= 0.3 is 0 Å². The molecule has 0 radical (unpaired) electrons. The molecule has 1 aliphatic carbocycles. The molecule has 4 heteroatoms. The van der Waals surface area contributed by atoms with Crippen molar-refractivity contribution in [3.05, 3.63) is 0 Å². The van der Waals surface area contributed by atoms with E-state index in [0.29, 0.717) is 11.8 Å². The van der Waals surface area contributed by atoms with Crippen molar-refractivity contribution in [2.24, 2.45) is 11.8 Å². The van der Waals surface area contributed by atoms with Crippen LogP contribution in [-0.4, -0.2) is 61.1 Å². The van der Waals surface area contributed by atoms with E-state index in [1.807, 2.05) is 0 Å². The first-order valence-corrected chi connectivity index (χ1v) is 9.19. The average molecular weight is 308 g/mol. The number of hydrogen-bond acceptors (Lipinski definition) is 3. The van der Waals surface area contributed by atoms with Crippen LogP contribution < -0.4 is 0 Å². The van der Waals surface area contributed by atoms with Gasteiger partial charge in [-0.05, 0) is 57.9 Å². The Balaban J connectivity index is 1.57. The summed E-state index contributed by atoms with van der Waals surface area (Å²) in [7, 11) is 2.18. The normalized spacial score (nSPS) is 38.0. The number of rotatable bonds is 1. The zero-order valence-corrected chi connectivity index (χ0v) is 14.4. The van der Waals surface area contributed by atoms with Gasteiger partial charge in [-0.1, -0.05) is 6.92 Å². The van der Waals surface area contributed by atoms with Gasteiger partial charge in [0.25, 0.3) is 0 Å². The van der Waals surface area contributed by atoms with Gasteiger partial charge in [0.05, 0.1) is 12.2 Å². The maximum Gasteiger partial charge on any atom is 0.225 e. The number of carbonyl (C=O) groups excluding carboxylic acids is 1. The van der Waals surface area contributed by atoms with Gasteiger partial charge in [-0.2, -0.15) is 0 Å². The summed E-state index contributed by atoms with van der Waals surface area (Å²) >= 11 is 0. The van der Waals surface area contributed by atoms with Gasteiger partial charge in [0.15, 0.2) is 0 Å². The fourth-order valence-electron chi connectivity index (χ4n) is 4.49. The second-order valence-corrected chi connectivity index (χ2v) is 7.90. The molecule has 1 atom stereocenters. The summed E-state index contributed by atoms with van der Waals surface area (Å²) in [5.74, 6) is 1.52. The minimum atomic E-state index is 0.00308. The van der Waals surface area contributed by atoms with E-state index in [1.165, 1.54) is 12.8 Å². The van der Waals surface area contributed by atoms with Gasteiger partial charge in [0, 0.05) is 32.1 Å². The number of likely N-dealkylation sites (tertiary alicyclic amines) is 1. The Morgan fingerprint density at radius 1 is 1.09 bits per heavy atom. The summed E-state index contributed by atoms with van der Waals surface area (Å²) in [4.78, 5) is 17.3. The highest BCUT2D eigenvalue weighted by Crippen LogP contribution is 2.33. The van der Waals surface area contributed by atoms with Gasteiger partial charge < -0.3 is 14.5 Å². The number of nitrogens with zero attached hydrogens (tertiary/aromatic N) is 2. The van der Waals surface area contributed by atoms with Crippen molar-refractivity contribution < 1.29 is 9.53 Å². The van der Waals surface area contributed by atoms with Gasteiger partial charge in [0.1, 0.15) is 0 Å². The largest absolute Gasteiger partial charge is 0.372 e. The first kappa shape index (κ1) is 16.3. The van der Waals surface area contributed by atoms with Crippen LogP contribution in [0.15, 0.2) is 0 Å². The molecule has 3 fully saturated rings. The predicted octanol–water partition coefficient (Wildman–Crippen LogP) is 2.53. The quantitative estimate of drug-likeness (QED) is 0.746. The third kappa shape index (κ3) is 3.65. The summed E-state index contributed by atoms with van der Waals surface area (Å²) < 4.78 is 6.16. The number of likely N-dealkylation sites (N-methyl/N-ethyl adjacent to an activating group) is 1. The number of amides is 1. The number of hydrogen-bond donors (Lipinski definition) is 0. The van der Waals surface area contributed by atoms with Crippen molar-refractivity contribution in [2.75, 3.05) is 39.8 Å². The Bertz CT molecular complexity index is 393. The van der Waals surface area contributed by atoms with Crippen LogP contribution in [0, 0.1) is 11.8 Å². The maximum absolute atomic E-state index is 12.8. The van der Waals surface area contributed by atoms with Crippen LogP contribution >= 0.6 is 0 Å². The predicted molar refractivity (Wildman–Crippen MR) is 87.7 cm³/mol. The fourth-order valence-corrected chi connectivity index (χ4v) is 4.49. The first-order valence-electron chi connectivity index (χ1n) is 9.19. The summed E-state index contributed by atoms with van der Waals surface area (Å²) in [6.45, 7) is 7.03. The summed E-state index contributed by atoms with van der Waals surface area (Å²) in [5, 5.41) is 0. The Morgan fingerprint density at radius 3 is 2.59 bits per heavy atom. The molecule has 22 heavy (non-hydrogen) atoms. The molecule has 0 aromatic heterocycles. The van der Waals surface area contributed by atoms with E-state index < -0.39 is 0 Å². The number of morpholine rings is 1. The van der Waals surface area contributed by atoms with Crippen LogP contribution in [0.3, 0.4) is 0 Å². The summed E-state index contributed by atoms with van der Waals surface area (Å²) in [5.41, 5.74) is 0.00308. The highest BCUT2D eigenvalue weighted by molar-refractivity contribution is 5.79. The molecule has 0 bridgehead atoms. The molecule has 1 unspecified atom stereocenters. The smallest absolute Gasteiger partial charge is 0.225 e. The van der Waals surface area contributed by atoms with Crippen LogP contribution in [0.5, 0.6) is 0 Å². The van der Waals surface area contributed by atoms with Crippen LogP contribution in [0.1, 0.15) is 51.9 Å². The van der Waals surface area contributed by atoms with E-state index >= 15 is 0 Å². The molecular weight excluding hydrogens is 276 g/mol. The molecule has 2 heterocycles. The van der Waals surface area contributed by atoms with Crippen LogP contribution in [0.4, 0.5) is 0 Å². The molecule has 3 aliphatic rings. The molecule has 1 spiro atoms. The molecule has 4 nitrogen and oxygen atoms in total. The molecule has 0 aromatic rings. The van der Waals surface area contributed by atoms with Crippen LogP contribution in [0.25, 0.3) is 0 Å². The molecular formula is C18H32N2O2. The molecule has 126 valence electrons. The second-order valence-electron chi connectivity index (χ2n) is 7.90. The Hall–Kier alpha value is -0.610. The summed E-state index contributed by atoms with van der Waals surface area (Å²) in [6.07, 6.45) is 7.84. The SMILES string of the molecule is CC1CCC(C(=O)N2CCCC3(CC2)CN(C)CCO3)CC1. The van der Waals surface area contributed by atoms with Crippen molar-refractivity contribution in [3.63, 3.8) is 0 Å². The Morgan fingerprint density at radius 2 is 1.86 bits per heavy atom. The van der Waals surface area contributed by atoms with Crippen molar-refractivity contribution in [3.8, 4) is 0 Å². The Labute approximate surface area is 135 Å². The van der Waals surface area contributed by atoms with Gasteiger partial charge in [0.2, 0.25) is 5.91 Å². The molecule has 3 rings (SSSR count). The standard InChI is InChI=1S/C18H32N2O2/c1-15-4-6-16(7-5-15)17(21)20-10-3-8-18(9-11-20)14-19(2)12-13-22-18/h15-16H,3-14H2,1-2H3. The lowest BCUT2D eigenvalue weighted by atomic mass is 9.82. The molecule has 0 N–H and O–H groups in total. The van der Waals surface area contributed by atoms with Crippen molar-refractivity contribution >= 4 is 5.91 Å². The molecule has 1 saturated carbocycles. The molecule has 1 amide bonds. The van der Waals surface area contributed by atoms with Crippen LogP contribution in [-0.2, 0) is 9.53 Å². The second kappa shape index (κ2) is 6.88. The van der Waals surface area contributed by atoms with Gasteiger partial charge in [-0.25, -0.2) is 0 Å². The van der Waals surface area contributed by atoms with E-state index in [1.54, 1.807) is 0 Å². The van der Waals surface area contributed by atoms with Crippen LogP contribution in [0.2, 0.25) is 0 Å². The lowest BCUT2D eigenvalue weighted by Gasteiger charge is -2.41. The van der Waals surface area contributed by atoms with Crippen molar-refractivity contribution in [2.45, 2.75) is 57.5 Å². The van der Waals surface area contributed by atoms with Gasteiger partial charge in [-0.15, -0.1) is 0 Å². The van der Waals surface area contributed by atoms with E-state index in [4.69, 9.17) is 4.74 Å². The lowest BCUT2D eigenvalue weighted by molar-refractivity contribution is -0.137. The minimum Gasteiger partial charge on any atom is -0.372 e. The summed E-state index contributed by atoms with van der Waals surface area (Å²) in [6, 6.07) is 0.